The SMILES string of the molecule is CNC(=O)C[C@@H]1CCN(c2cccc(C(F)(F)F)n2)C1. The van der Waals surface area contributed by atoms with Gasteiger partial charge in [0.25, 0.3) is 0 Å². The molecule has 1 atom stereocenters. The van der Waals surface area contributed by atoms with Gasteiger partial charge in [-0.2, -0.15) is 13.2 Å². The van der Waals surface area contributed by atoms with E-state index in [0.29, 0.717) is 25.3 Å². The number of carbonyl (C=O) groups excluding carboxylic acids is 1. The van der Waals surface area contributed by atoms with Gasteiger partial charge >= 0.3 is 6.18 Å². The van der Waals surface area contributed by atoms with Gasteiger partial charge in [0.1, 0.15) is 11.5 Å². The largest absolute Gasteiger partial charge is 0.433 e. The lowest BCUT2D eigenvalue weighted by atomic mass is 10.1. The second-order valence-corrected chi connectivity index (χ2v) is 4.86. The lowest BCUT2D eigenvalue weighted by molar-refractivity contribution is -0.141. The molecule has 0 saturated carbocycles. The molecule has 4 nitrogen and oxygen atoms in total. The molecule has 0 radical (unpaired) electrons. The summed E-state index contributed by atoms with van der Waals surface area (Å²) in [5.74, 6) is 0.430. The monoisotopic (exact) mass is 287 g/mol. The van der Waals surface area contributed by atoms with Crippen LogP contribution >= 0.6 is 0 Å². The highest BCUT2D eigenvalue weighted by atomic mass is 19.4. The molecule has 0 unspecified atom stereocenters. The van der Waals surface area contributed by atoms with Crippen molar-refractivity contribution < 1.29 is 18.0 Å². The maximum Gasteiger partial charge on any atom is 0.433 e. The summed E-state index contributed by atoms with van der Waals surface area (Å²) in [7, 11) is 1.57. The van der Waals surface area contributed by atoms with E-state index in [-0.39, 0.29) is 11.8 Å². The van der Waals surface area contributed by atoms with E-state index in [1.54, 1.807) is 18.0 Å². The van der Waals surface area contributed by atoms with Crippen LogP contribution < -0.4 is 10.2 Å². The molecule has 20 heavy (non-hydrogen) atoms. The lowest BCUT2D eigenvalue weighted by Crippen LogP contribution is -2.25. The molecule has 110 valence electrons. The van der Waals surface area contributed by atoms with Crippen LogP contribution in [0.3, 0.4) is 0 Å². The minimum atomic E-state index is -4.43. The number of aromatic nitrogens is 1. The first-order valence-corrected chi connectivity index (χ1v) is 6.40. The number of alkyl halides is 3. The second kappa shape index (κ2) is 5.68. The Kier molecular flexibility index (Phi) is 4.15. The molecule has 1 aliphatic rings. The maximum absolute atomic E-state index is 12.6. The fourth-order valence-electron chi connectivity index (χ4n) is 2.33. The van der Waals surface area contributed by atoms with E-state index >= 15 is 0 Å². The summed E-state index contributed by atoms with van der Waals surface area (Å²) >= 11 is 0. The number of amides is 1. The molecule has 1 amide bonds. The van der Waals surface area contributed by atoms with Gasteiger partial charge in [0.05, 0.1) is 0 Å². The third kappa shape index (κ3) is 3.40. The summed E-state index contributed by atoms with van der Waals surface area (Å²) in [6, 6.07) is 3.89. The van der Waals surface area contributed by atoms with Crippen molar-refractivity contribution in [3.05, 3.63) is 23.9 Å². The maximum atomic E-state index is 12.6. The van der Waals surface area contributed by atoms with E-state index in [1.807, 2.05) is 0 Å². The smallest absolute Gasteiger partial charge is 0.359 e. The van der Waals surface area contributed by atoms with Gasteiger partial charge in [-0.25, -0.2) is 4.98 Å². The van der Waals surface area contributed by atoms with Gasteiger partial charge in [-0.15, -0.1) is 0 Å². The molecular weight excluding hydrogens is 271 g/mol. The third-order valence-electron chi connectivity index (χ3n) is 3.39. The van der Waals surface area contributed by atoms with Crippen LogP contribution in [0.15, 0.2) is 18.2 Å². The Hall–Kier alpha value is -1.79. The van der Waals surface area contributed by atoms with Crippen molar-refractivity contribution in [1.29, 1.82) is 0 Å². The molecule has 2 rings (SSSR count). The molecule has 0 aromatic carbocycles. The van der Waals surface area contributed by atoms with E-state index in [2.05, 4.69) is 10.3 Å². The summed E-state index contributed by atoms with van der Waals surface area (Å²) in [5.41, 5.74) is -0.884. The Bertz CT molecular complexity index is 490. The van der Waals surface area contributed by atoms with Crippen LogP contribution in [0.5, 0.6) is 0 Å². The molecule has 1 aromatic heterocycles. The van der Waals surface area contributed by atoms with E-state index in [4.69, 9.17) is 0 Å². The molecule has 0 spiro atoms. The van der Waals surface area contributed by atoms with Crippen molar-refractivity contribution in [1.82, 2.24) is 10.3 Å². The Morgan fingerprint density at radius 2 is 2.25 bits per heavy atom. The number of nitrogens with one attached hydrogen (secondary N) is 1. The first kappa shape index (κ1) is 14.6. The first-order chi connectivity index (χ1) is 9.40. The topological polar surface area (TPSA) is 45.2 Å². The second-order valence-electron chi connectivity index (χ2n) is 4.86. The number of hydrogen-bond acceptors (Lipinski definition) is 3. The quantitative estimate of drug-likeness (QED) is 0.925. The molecule has 1 saturated heterocycles. The number of anilines is 1. The van der Waals surface area contributed by atoms with Crippen LogP contribution in [0, 0.1) is 5.92 Å². The zero-order valence-corrected chi connectivity index (χ0v) is 11.1. The minimum Gasteiger partial charge on any atom is -0.359 e. The van der Waals surface area contributed by atoms with Gasteiger partial charge < -0.3 is 10.2 Å². The van der Waals surface area contributed by atoms with Gasteiger partial charge in [0, 0.05) is 26.6 Å². The fourth-order valence-corrected chi connectivity index (χ4v) is 2.33. The van der Waals surface area contributed by atoms with Crippen molar-refractivity contribution in [2.75, 3.05) is 25.0 Å². The van der Waals surface area contributed by atoms with E-state index in [0.717, 1.165) is 12.5 Å². The number of pyridine rings is 1. The average molecular weight is 287 g/mol. The molecule has 1 N–H and O–H groups in total. The highest BCUT2D eigenvalue weighted by Gasteiger charge is 2.33. The van der Waals surface area contributed by atoms with Crippen LogP contribution in [0.1, 0.15) is 18.5 Å². The van der Waals surface area contributed by atoms with Gasteiger partial charge in [-0.1, -0.05) is 6.07 Å². The zero-order valence-electron chi connectivity index (χ0n) is 11.1. The van der Waals surface area contributed by atoms with Crippen molar-refractivity contribution in [3.8, 4) is 0 Å². The minimum absolute atomic E-state index is 0.0474. The van der Waals surface area contributed by atoms with E-state index in [1.165, 1.54) is 6.07 Å². The lowest BCUT2D eigenvalue weighted by Gasteiger charge is -2.18. The Morgan fingerprint density at radius 1 is 1.50 bits per heavy atom. The summed E-state index contributed by atoms with van der Waals surface area (Å²) < 4.78 is 37.8. The van der Waals surface area contributed by atoms with Crippen molar-refractivity contribution in [2.45, 2.75) is 19.0 Å². The van der Waals surface area contributed by atoms with Crippen LogP contribution in [0.25, 0.3) is 0 Å². The third-order valence-corrected chi connectivity index (χ3v) is 3.39. The average Bonchev–Trinajstić information content (AvgIpc) is 2.86. The van der Waals surface area contributed by atoms with Crippen LogP contribution in [-0.2, 0) is 11.0 Å². The molecule has 7 heteroatoms. The number of carbonyl (C=O) groups is 1. The molecular formula is C13H16F3N3O. The normalized spacial score (nSPS) is 19.2. The highest BCUT2D eigenvalue weighted by molar-refractivity contribution is 5.75. The predicted octanol–water partition coefficient (Wildman–Crippen LogP) is 2.06. The van der Waals surface area contributed by atoms with Crippen LogP contribution in [-0.4, -0.2) is 31.0 Å². The number of halogens is 3. The fraction of sp³-hybridized carbons (Fsp3) is 0.538. The van der Waals surface area contributed by atoms with Crippen LogP contribution in [0.4, 0.5) is 19.0 Å². The number of rotatable bonds is 3. The van der Waals surface area contributed by atoms with Gasteiger partial charge in [-0.05, 0) is 24.5 Å². The molecule has 0 bridgehead atoms. The molecule has 1 fully saturated rings. The van der Waals surface area contributed by atoms with E-state index < -0.39 is 11.9 Å². The number of hydrogen-bond donors (Lipinski definition) is 1. The first-order valence-electron chi connectivity index (χ1n) is 6.40. The molecule has 2 heterocycles. The standard InChI is InChI=1S/C13H16F3N3O/c1-17-12(20)7-9-5-6-19(8-9)11-4-2-3-10(18-11)13(14,15)16/h2-4,9H,5-8H2,1H3,(H,17,20)/t9-/m0/s1. The van der Waals surface area contributed by atoms with Crippen LogP contribution in [0.2, 0.25) is 0 Å². The molecule has 0 aliphatic carbocycles. The summed E-state index contributed by atoms with van der Waals surface area (Å²) in [6.45, 7) is 1.18. The summed E-state index contributed by atoms with van der Waals surface area (Å²) in [5, 5.41) is 2.55. The summed E-state index contributed by atoms with van der Waals surface area (Å²) in [4.78, 5) is 16.8. The Balaban J connectivity index is 2.05. The number of nitrogens with zero attached hydrogens (tertiary/aromatic N) is 2. The zero-order chi connectivity index (χ0) is 14.8. The summed E-state index contributed by atoms with van der Waals surface area (Å²) in [6.07, 6.45) is -3.26. The molecule has 1 aromatic rings. The van der Waals surface area contributed by atoms with Gasteiger partial charge in [0.2, 0.25) is 5.91 Å². The van der Waals surface area contributed by atoms with E-state index in [9.17, 15) is 18.0 Å². The highest BCUT2D eigenvalue weighted by Crippen LogP contribution is 2.30. The van der Waals surface area contributed by atoms with Gasteiger partial charge in [0.15, 0.2) is 0 Å². The Morgan fingerprint density at radius 3 is 2.90 bits per heavy atom. The van der Waals surface area contributed by atoms with Crippen molar-refractivity contribution in [2.24, 2.45) is 5.92 Å². The van der Waals surface area contributed by atoms with Gasteiger partial charge in [-0.3, -0.25) is 4.79 Å². The molecule has 1 aliphatic heterocycles. The Labute approximate surface area is 115 Å². The van der Waals surface area contributed by atoms with Crippen molar-refractivity contribution >= 4 is 11.7 Å². The van der Waals surface area contributed by atoms with Crippen molar-refractivity contribution in [3.63, 3.8) is 0 Å². The predicted molar refractivity (Wildman–Crippen MR) is 68.2 cm³/mol.